The van der Waals surface area contributed by atoms with Crippen LogP contribution in [0.3, 0.4) is 0 Å². The van der Waals surface area contributed by atoms with Crippen LogP contribution >= 0.6 is 0 Å². The van der Waals surface area contributed by atoms with E-state index in [4.69, 9.17) is 5.73 Å². The molecule has 0 radical (unpaired) electrons. The number of hydrogen-bond acceptors (Lipinski definition) is 2. The lowest BCUT2D eigenvalue weighted by molar-refractivity contribution is -0.136. The first-order valence-corrected chi connectivity index (χ1v) is 6.62. The summed E-state index contributed by atoms with van der Waals surface area (Å²) >= 11 is 0. The van der Waals surface area contributed by atoms with E-state index in [9.17, 15) is 18.0 Å². The van der Waals surface area contributed by atoms with Gasteiger partial charge in [-0.25, -0.2) is 0 Å². The minimum Gasteiger partial charge on any atom is -0.398 e. The van der Waals surface area contributed by atoms with E-state index in [0.717, 1.165) is 31.4 Å². The van der Waals surface area contributed by atoms with E-state index in [1.54, 1.807) is 4.90 Å². The van der Waals surface area contributed by atoms with Gasteiger partial charge in [-0.1, -0.05) is 6.92 Å². The van der Waals surface area contributed by atoms with Gasteiger partial charge in [-0.05, 0) is 37.5 Å². The maximum absolute atomic E-state index is 12.8. The molecule has 1 aromatic rings. The first-order valence-electron chi connectivity index (χ1n) is 6.62. The Morgan fingerprint density at radius 1 is 1.45 bits per heavy atom. The molecule has 6 heteroatoms. The van der Waals surface area contributed by atoms with Crippen molar-refractivity contribution < 1.29 is 18.0 Å². The molecule has 0 aliphatic carbocycles. The number of halogens is 3. The number of carbonyl (C=O) groups excluding carboxylic acids is 1. The molecule has 1 unspecified atom stereocenters. The summed E-state index contributed by atoms with van der Waals surface area (Å²) in [6.45, 7) is 2.57. The smallest absolute Gasteiger partial charge is 0.398 e. The van der Waals surface area contributed by atoms with Crippen molar-refractivity contribution in [1.29, 1.82) is 0 Å². The lowest BCUT2D eigenvalue weighted by atomic mass is 10.1. The maximum Gasteiger partial charge on any atom is 0.418 e. The summed E-state index contributed by atoms with van der Waals surface area (Å²) in [5.74, 6) is -0.347. The van der Waals surface area contributed by atoms with E-state index in [2.05, 4.69) is 0 Å². The lowest BCUT2D eigenvalue weighted by Gasteiger charge is -2.24. The van der Waals surface area contributed by atoms with Crippen LogP contribution in [0.25, 0.3) is 0 Å². The Bertz CT molecular complexity index is 514. The molecule has 20 heavy (non-hydrogen) atoms. The molecule has 0 aromatic heterocycles. The van der Waals surface area contributed by atoms with Gasteiger partial charge in [-0.15, -0.1) is 0 Å². The summed E-state index contributed by atoms with van der Waals surface area (Å²) in [5.41, 5.74) is 4.08. The Balaban J connectivity index is 2.31. The normalized spacial score (nSPS) is 19.4. The highest BCUT2D eigenvalue weighted by Gasteiger charge is 2.35. The second-order valence-corrected chi connectivity index (χ2v) is 5.00. The van der Waals surface area contributed by atoms with Crippen molar-refractivity contribution in [3.05, 3.63) is 29.3 Å². The molecule has 110 valence electrons. The van der Waals surface area contributed by atoms with Crippen molar-refractivity contribution in [3.8, 4) is 0 Å². The molecule has 0 spiro atoms. The molecular weight excluding hydrogens is 269 g/mol. The van der Waals surface area contributed by atoms with E-state index in [-0.39, 0.29) is 23.2 Å². The third-order valence-electron chi connectivity index (χ3n) is 3.71. The Kier molecular flexibility index (Phi) is 3.92. The first-order chi connectivity index (χ1) is 9.34. The molecule has 1 aliphatic rings. The molecule has 0 bridgehead atoms. The van der Waals surface area contributed by atoms with Crippen molar-refractivity contribution in [2.24, 2.45) is 0 Å². The van der Waals surface area contributed by atoms with E-state index in [0.29, 0.717) is 6.54 Å². The number of hydrogen-bond donors (Lipinski definition) is 1. The van der Waals surface area contributed by atoms with Gasteiger partial charge in [0.05, 0.1) is 5.56 Å². The molecular formula is C14H17F3N2O. The monoisotopic (exact) mass is 286 g/mol. The Morgan fingerprint density at radius 2 is 2.15 bits per heavy atom. The number of nitrogens with zero attached hydrogens (tertiary/aromatic N) is 1. The van der Waals surface area contributed by atoms with E-state index < -0.39 is 11.7 Å². The van der Waals surface area contributed by atoms with Gasteiger partial charge in [0.15, 0.2) is 0 Å². The van der Waals surface area contributed by atoms with Crippen LogP contribution in [0.15, 0.2) is 18.2 Å². The van der Waals surface area contributed by atoms with Gasteiger partial charge < -0.3 is 10.6 Å². The zero-order valence-electron chi connectivity index (χ0n) is 11.2. The van der Waals surface area contributed by atoms with Crippen LogP contribution in [0.4, 0.5) is 18.9 Å². The van der Waals surface area contributed by atoms with Crippen LogP contribution in [0, 0.1) is 0 Å². The largest absolute Gasteiger partial charge is 0.418 e. The zero-order valence-corrected chi connectivity index (χ0v) is 11.2. The van der Waals surface area contributed by atoms with Crippen molar-refractivity contribution in [2.45, 2.75) is 38.4 Å². The van der Waals surface area contributed by atoms with Gasteiger partial charge in [0.1, 0.15) is 0 Å². The summed E-state index contributed by atoms with van der Waals surface area (Å²) in [5, 5.41) is 0. The standard InChI is InChI=1S/C14H17F3N2O/c1-2-10-4-3-7-19(10)13(20)9-5-6-12(18)11(8-9)14(15,16)17/h5-6,8,10H,2-4,7,18H2,1H3. The molecule has 3 nitrogen and oxygen atoms in total. The SMILES string of the molecule is CCC1CCCN1C(=O)c1ccc(N)c(C(F)(F)F)c1. The van der Waals surface area contributed by atoms with Gasteiger partial charge in [-0.3, -0.25) is 4.79 Å². The molecule has 0 saturated carbocycles. The second-order valence-electron chi connectivity index (χ2n) is 5.00. The maximum atomic E-state index is 12.8. The van der Waals surface area contributed by atoms with Gasteiger partial charge in [0.2, 0.25) is 0 Å². The van der Waals surface area contributed by atoms with Crippen molar-refractivity contribution in [3.63, 3.8) is 0 Å². The molecule has 1 aliphatic heterocycles. The predicted octanol–water partition coefficient (Wildman–Crippen LogP) is 3.30. The molecule has 1 amide bonds. The van der Waals surface area contributed by atoms with Gasteiger partial charge in [0.25, 0.3) is 5.91 Å². The quantitative estimate of drug-likeness (QED) is 0.848. The molecule has 1 atom stereocenters. The van der Waals surface area contributed by atoms with Gasteiger partial charge in [0, 0.05) is 23.8 Å². The Morgan fingerprint density at radius 3 is 2.75 bits per heavy atom. The van der Waals surface area contributed by atoms with E-state index >= 15 is 0 Å². The molecule has 1 fully saturated rings. The average molecular weight is 286 g/mol. The fourth-order valence-electron chi connectivity index (χ4n) is 2.63. The number of likely N-dealkylation sites (tertiary alicyclic amines) is 1. The number of nitrogen functional groups attached to an aromatic ring is 1. The number of nitrogens with two attached hydrogens (primary N) is 1. The van der Waals surface area contributed by atoms with Gasteiger partial charge >= 0.3 is 6.18 Å². The van der Waals surface area contributed by atoms with Crippen LogP contribution < -0.4 is 5.73 Å². The van der Waals surface area contributed by atoms with Crippen molar-refractivity contribution in [1.82, 2.24) is 4.90 Å². The van der Waals surface area contributed by atoms with Crippen LogP contribution in [0.2, 0.25) is 0 Å². The highest BCUT2D eigenvalue weighted by Crippen LogP contribution is 2.34. The summed E-state index contributed by atoms with van der Waals surface area (Å²) < 4.78 is 38.4. The van der Waals surface area contributed by atoms with Gasteiger partial charge in [-0.2, -0.15) is 13.2 Å². The lowest BCUT2D eigenvalue weighted by Crippen LogP contribution is -2.35. The average Bonchev–Trinajstić information content (AvgIpc) is 2.85. The molecule has 2 rings (SSSR count). The second kappa shape index (κ2) is 5.34. The summed E-state index contributed by atoms with van der Waals surface area (Å²) in [6, 6.07) is 3.47. The van der Waals surface area contributed by atoms with E-state index in [1.165, 1.54) is 6.07 Å². The number of rotatable bonds is 2. The fraction of sp³-hybridized carbons (Fsp3) is 0.500. The first kappa shape index (κ1) is 14.7. The fourth-order valence-corrected chi connectivity index (χ4v) is 2.63. The third-order valence-corrected chi connectivity index (χ3v) is 3.71. The third kappa shape index (κ3) is 2.73. The highest BCUT2D eigenvalue weighted by molar-refractivity contribution is 5.95. The van der Waals surface area contributed by atoms with Crippen LogP contribution in [0.5, 0.6) is 0 Å². The minimum absolute atomic E-state index is 0.0480. The topological polar surface area (TPSA) is 46.3 Å². The number of benzene rings is 1. The van der Waals surface area contributed by atoms with Crippen LogP contribution in [-0.4, -0.2) is 23.4 Å². The van der Waals surface area contributed by atoms with Crippen LogP contribution in [-0.2, 0) is 6.18 Å². The van der Waals surface area contributed by atoms with Crippen molar-refractivity contribution in [2.75, 3.05) is 12.3 Å². The molecule has 1 aromatic carbocycles. The van der Waals surface area contributed by atoms with Crippen LogP contribution in [0.1, 0.15) is 42.1 Å². The Hall–Kier alpha value is -1.72. The Labute approximate surface area is 115 Å². The predicted molar refractivity (Wildman–Crippen MR) is 70.2 cm³/mol. The summed E-state index contributed by atoms with van der Waals surface area (Å²) in [4.78, 5) is 14.0. The summed E-state index contributed by atoms with van der Waals surface area (Å²) in [7, 11) is 0. The summed E-state index contributed by atoms with van der Waals surface area (Å²) in [6.07, 6.45) is -1.93. The molecule has 1 saturated heterocycles. The molecule has 1 heterocycles. The number of alkyl halides is 3. The highest BCUT2D eigenvalue weighted by atomic mass is 19.4. The van der Waals surface area contributed by atoms with Crippen molar-refractivity contribution >= 4 is 11.6 Å². The van der Waals surface area contributed by atoms with E-state index in [1.807, 2.05) is 6.92 Å². The number of anilines is 1. The zero-order chi connectivity index (χ0) is 14.9. The molecule has 2 N–H and O–H groups in total. The minimum atomic E-state index is -4.55. The number of amides is 1. The number of carbonyl (C=O) groups is 1.